The van der Waals surface area contributed by atoms with Gasteiger partial charge in [0, 0.05) is 0 Å². The number of aromatic nitrogens is 4. The molecule has 0 bridgehead atoms. The number of aliphatic carboxylic acids is 1. The lowest BCUT2D eigenvalue weighted by atomic mass is 10.1. The summed E-state index contributed by atoms with van der Waals surface area (Å²) in [7, 11) is 0. The first-order valence-corrected chi connectivity index (χ1v) is 10.2. The van der Waals surface area contributed by atoms with E-state index >= 15 is 0 Å². The van der Waals surface area contributed by atoms with Gasteiger partial charge in [-0.2, -0.15) is 0 Å². The summed E-state index contributed by atoms with van der Waals surface area (Å²) >= 11 is 1.07. The first-order chi connectivity index (χ1) is 14.6. The number of rotatable bonds is 7. The van der Waals surface area contributed by atoms with E-state index in [4.69, 9.17) is 10.5 Å². The van der Waals surface area contributed by atoms with Crippen LogP contribution in [0.1, 0.15) is 13.2 Å². The molecule has 14 nitrogen and oxygen atoms in total. The first kappa shape index (κ1) is 23.1. The lowest BCUT2D eigenvalue weighted by Crippen LogP contribution is -2.53. The predicted molar refractivity (Wildman–Crippen MR) is 105 cm³/mol. The van der Waals surface area contributed by atoms with Crippen LogP contribution in [-0.4, -0.2) is 100 Å². The van der Waals surface area contributed by atoms with E-state index in [2.05, 4.69) is 15.0 Å². The molecule has 1 aliphatic heterocycles. The maximum atomic E-state index is 12.2. The number of anilines is 1. The van der Waals surface area contributed by atoms with E-state index in [0.717, 1.165) is 11.8 Å². The molecule has 3 rings (SSSR count). The van der Waals surface area contributed by atoms with Gasteiger partial charge in [0.25, 0.3) is 0 Å². The fraction of sp³-hybridized carbons (Fsp3) is 0.562. The van der Waals surface area contributed by atoms with Crippen molar-refractivity contribution in [1.29, 1.82) is 0 Å². The van der Waals surface area contributed by atoms with E-state index in [-0.39, 0.29) is 22.1 Å². The SMILES string of the molecule is CSc1nc(N(C(N)=O)[C@H](C(=O)O)[C@@H](C)O)c2ncn([C@@H]3O[C@H](CO)[C@@H](O)[C@H]3O)c2n1. The second-order valence-electron chi connectivity index (χ2n) is 6.82. The molecule has 0 saturated carbocycles. The number of nitrogens with two attached hydrogens (primary N) is 1. The van der Waals surface area contributed by atoms with Crippen LogP contribution in [0.5, 0.6) is 0 Å². The molecule has 0 aliphatic carbocycles. The van der Waals surface area contributed by atoms with Crippen LogP contribution in [0.25, 0.3) is 11.2 Å². The summed E-state index contributed by atoms with van der Waals surface area (Å²) in [5.74, 6) is -1.78. The number of carbonyl (C=O) groups excluding carboxylic acids is 1. The molecular formula is C16H22N6O8S. The highest BCUT2D eigenvalue weighted by Gasteiger charge is 2.44. The highest BCUT2D eigenvalue weighted by molar-refractivity contribution is 7.98. The minimum absolute atomic E-state index is 0.0465. The summed E-state index contributed by atoms with van der Waals surface area (Å²) in [6, 6.07) is -2.95. The van der Waals surface area contributed by atoms with E-state index in [1.807, 2.05) is 0 Å². The van der Waals surface area contributed by atoms with Crippen LogP contribution in [0.4, 0.5) is 10.6 Å². The Morgan fingerprint density at radius 1 is 1.35 bits per heavy atom. The third-order valence-electron chi connectivity index (χ3n) is 4.81. The number of primary amides is 1. The number of aliphatic hydroxyl groups is 4. The van der Waals surface area contributed by atoms with Gasteiger partial charge in [-0.05, 0) is 13.2 Å². The van der Waals surface area contributed by atoms with E-state index in [0.29, 0.717) is 4.90 Å². The molecule has 1 aliphatic rings. The van der Waals surface area contributed by atoms with Crippen molar-refractivity contribution >= 4 is 40.7 Å². The standard InChI is InChI=1S/C16H22N6O8S/c1-5(24)8(14(27)28)22(15(17)29)12-7-11(19-16(20-12)31-2)21(4-18-7)13-10(26)9(25)6(3-23)30-13/h4-6,8-10,13,23-26H,3H2,1-2H3,(H2,17,29)(H,27,28)/t5-,6-,8+,9-,10-,13-/m1/s1. The Hall–Kier alpha value is -2.56. The number of carbonyl (C=O) groups is 2. The predicted octanol–water partition coefficient (Wildman–Crippen LogP) is -2.12. The molecular weight excluding hydrogens is 436 g/mol. The van der Waals surface area contributed by atoms with Gasteiger partial charge >= 0.3 is 12.0 Å². The number of ether oxygens (including phenoxy) is 1. The van der Waals surface area contributed by atoms with Crippen LogP contribution in [0.15, 0.2) is 11.5 Å². The van der Waals surface area contributed by atoms with Gasteiger partial charge in [-0.3, -0.25) is 9.47 Å². The molecule has 170 valence electrons. The minimum atomic E-state index is -1.76. The molecule has 15 heteroatoms. The average molecular weight is 458 g/mol. The molecule has 2 aromatic rings. The van der Waals surface area contributed by atoms with Crippen molar-refractivity contribution < 1.29 is 39.9 Å². The Balaban J connectivity index is 2.20. The number of thioether (sulfide) groups is 1. The summed E-state index contributed by atoms with van der Waals surface area (Å²) in [4.78, 5) is 37.1. The fourth-order valence-electron chi connectivity index (χ4n) is 3.34. The molecule has 0 aromatic carbocycles. The highest BCUT2D eigenvalue weighted by atomic mass is 32.2. The second-order valence-corrected chi connectivity index (χ2v) is 7.59. The largest absolute Gasteiger partial charge is 0.480 e. The number of fused-ring (bicyclic) bond motifs is 1. The molecule has 1 saturated heterocycles. The van der Waals surface area contributed by atoms with Crippen LogP contribution < -0.4 is 10.6 Å². The lowest BCUT2D eigenvalue weighted by Gasteiger charge is -2.28. The zero-order valence-corrected chi connectivity index (χ0v) is 17.2. The normalized spacial score (nSPS) is 25.5. The molecule has 2 aromatic heterocycles. The van der Waals surface area contributed by atoms with E-state index in [9.17, 15) is 35.1 Å². The molecule has 7 N–H and O–H groups in total. The molecule has 6 atom stereocenters. The van der Waals surface area contributed by atoms with Crippen molar-refractivity contribution in [2.45, 2.75) is 48.8 Å². The number of urea groups is 1. The Labute approximate surface area is 179 Å². The van der Waals surface area contributed by atoms with Gasteiger partial charge in [0.15, 0.2) is 34.4 Å². The number of imidazole rings is 1. The fourth-order valence-corrected chi connectivity index (χ4v) is 3.70. The van der Waals surface area contributed by atoms with Crippen molar-refractivity contribution in [2.75, 3.05) is 17.8 Å². The van der Waals surface area contributed by atoms with Crippen LogP contribution in [0.2, 0.25) is 0 Å². The van der Waals surface area contributed by atoms with Gasteiger partial charge in [-0.25, -0.2) is 24.5 Å². The van der Waals surface area contributed by atoms with Crippen molar-refractivity contribution in [3.63, 3.8) is 0 Å². The zero-order chi connectivity index (χ0) is 23.0. The van der Waals surface area contributed by atoms with E-state index in [1.54, 1.807) is 6.26 Å². The average Bonchev–Trinajstić information content (AvgIpc) is 3.25. The molecule has 31 heavy (non-hydrogen) atoms. The molecule has 3 heterocycles. The summed E-state index contributed by atoms with van der Waals surface area (Å²) in [5.41, 5.74) is 5.41. The first-order valence-electron chi connectivity index (χ1n) is 9.02. The van der Waals surface area contributed by atoms with E-state index < -0.39 is 55.3 Å². The number of aliphatic hydroxyl groups excluding tert-OH is 4. The van der Waals surface area contributed by atoms with E-state index in [1.165, 1.54) is 17.8 Å². The Morgan fingerprint density at radius 2 is 2.03 bits per heavy atom. The summed E-state index contributed by atoms with van der Waals surface area (Å²) < 4.78 is 6.76. The molecule has 1 fully saturated rings. The number of carboxylic acid groups (broad SMARTS) is 1. The molecule has 0 radical (unpaired) electrons. The third kappa shape index (κ3) is 4.02. The number of hydrogen-bond acceptors (Lipinski definition) is 11. The Kier molecular flexibility index (Phi) is 6.63. The van der Waals surface area contributed by atoms with Gasteiger partial charge in [-0.15, -0.1) is 0 Å². The van der Waals surface area contributed by atoms with Gasteiger partial charge in [-0.1, -0.05) is 11.8 Å². The van der Waals surface area contributed by atoms with Crippen LogP contribution >= 0.6 is 11.8 Å². The van der Waals surface area contributed by atoms with Crippen LogP contribution in [0, 0.1) is 0 Å². The zero-order valence-electron chi connectivity index (χ0n) is 16.4. The Morgan fingerprint density at radius 3 is 2.52 bits per heavy atom. The van der Waals surface area contributed by atoms with Gasteiger partial charge < -0.3 is 36.0 Å². The van der Waals surface area contributed by atoms with Crippen LogP contribution in [0.3, 0.4) is 0 Å². The second kappa shape index (κ2) is 8.89. The van der Waals surface area contributed by atoms with Gasteiger partial charge in [0.05, 0.1) is 19.0 Å². The van der Waals surface area contributed by atoms with Crippen molar-refractivity contribution in [3.8, 4) is 0 Å². The quantitative estimate of drug-likeness (QED) is 0.194. The van der Waals surface area contributed by atoms with Crippen molar-refractivity contribution in [3.05, 3.63) is 6.33 Å². The number of nitrogens with zero attached hydrogens (tertiary/aromatic N) is 5. The highest BCUT2D eigenvalue weighted by Crippen LogP contribution is 2.34. The molecule has 0 spiro atoms. The minimum Gasteiger partial charge on any atom is -0.480 e. The molecule has 2 amide bonds. The summed E-state index contributed by atoms with van der Waals surface area (Å²) in [5, 5.41) is 49.3. The van der Waals surface area contributed by atoms with Crippen LogP contribution in [-0.2, 0) is 9.53 Å². The lowest BCUT2D eigenvalue weighted by molar-refractivity contribution is -0.140. The van der Waals surface area contributed by atoms with Crippen molar-refractivity contribution in [1.82, 2.24) is 19.5 Å². The Bertz CT molecular complexity index is 986. The number of carboxylic acids is 1. The smallest absolute Gasteiger partial charge is 0.329 e. The number of hydrogen-bond donors (Lipinski definition) is 6. The van der Waals surface area contributed by atoms with Gasteiger partial charge in [0.2, 0.25) is 0 Å². The molecule has 0 unspecified atom stereocenters. The summed E-state index contributed by atoms with van der Waals surface area (Å²) in [6.07, 6.45) is -3.70. The maximum absolute atomic E-state index is 12.2. The third-order valence-corrected chi connectivity index (χ3v) is 5.36. The van der Waals surface area contributed by atoms with Crippen molar-refractivity contribution in [2.24, 2.45) is 5.73 Å². The van der Waals surface area contributed by atoms with Gasteiger partial charge in [0.1, 0.15) is 18.3 Å². The topological polar surface area (TPSA) is 217 Å². The monoisotopic (exact) mass is 458 g/mol. The number of amides is 2. The maximum Gasteiger partial charge on any atom is 0.329 e. The summed E-state index contributed by atoms with van der Waals surface area (Å²) in [6.45, 7) is 0.641.